The fourth-order valence-corrected chi connectivity index (χ4v) is 0.895. The molecule has 0 aliphatic heterocycles. The zero-order valence-electron chi connectivity index (χ0n) is 5.26. The van der Waals surface area contributed by atoms with Gasteiger partial charge in [-0.2, -0.15) is 5.10 Å². The van der Waals surface area contributed by atoms with E-state index in [0.717, 1.165) is 10.4 Å². The van der Waals surface area contributed by atoms with Gasteiger partial charge in [0.1, 0.15) is 4.60 Å². The van der Waals surface area contributed by atoms with Crippen LogP contribution in [0.4, 0.5) is 0 Å². The van der Waals surface area contributed by atoms with Crippen LogP contribution in [0.5, 0.6) is 5.75 Å². The monoisotopic (exact) mass is 190 g/mol. The Morgan fingerprint density at radius 2 is 2.44 bits per heavy atom. The molecule has 50 valence electrons. The molecular weight excluding hydrogens is 184 g/mol. The fourth-order valence-electron chi connectivity index (χ4n) is 0.539. The Bertz CT molecular complexity index is 209. The molecule has 0 aromatic carbocycles. The molecule has 0 N–H and O–H groups in total. The number of halogens is 1. The summed E-state index contributed by atoms with van der Waals surface area (Å²) in [5.74, 6) is 0.762. The van der Waals surface area contributed by atoms with Crippen molar-refractivity contribution >= 4 is 15.9 Å². The van der Waals surface area contributed by atoms with Gasteiger partial charge in [0.25, 0.3) is 0 Å². The highest BCUT2D eigenvalue weighted by molar-refractivity contribution is 9.10. The summed E-state index contributed by atoms with van der Waals surface area (Å²) >= 11 is 3.29. The van der Waals surface area contributed by atoms with Crippen LogP contribution in [0.2, 0.25) is 0 Å². The Morgan fingerprint density at radius 1 is 1.78 bits per heavy atom. The van der Waals surface area contributed by atoms with Gasteiger partial charge in [0.2, 0.25) is 0 Å². The zero-order valence-corrected chi connectivity index (χ0v) is 6.84. The highest BCUT2D eigenvalue weighted by Crippen LogP contribution is 2.21. The summed E-state index contributed by atoms with van der Waals surface area (Å²) in [5.41, 5.74) is 0. The Labute approximate surface area is 61.7 Å². The summed E-state index contributed by atoms with van der Waals surface area (Å²) < 4.78 is 7.49. The summed E-state index contributed by atoms with van der Waals surface area (Å²) in [4.78, 5) is 0. The van der Waals surface area contributed by atoms with Gasteiger partial charge in [-0.15, -0.1) is 0 Å². The molecule has 0 saturated carbocycles. The minimum absolute atomic E-state index is 0.762. The van der Waals surface area contributed by atoms with Crippen molar-refractivity contribution in [3.8, 4) is 5.75 Å². The molecule has 1 heterocycles. The maximum absolute atomic E-state index is 4.94. The van der Waals surface area contributed by atoms with E-state index in [2.05, 4.69) is 21.0 Å². The maximum atomic E-state index is 4.94. The van der Waals surface area contributed by atoms with Crippen molar-refractivity contribution in [3.63, 3.8) is 0 Å². The summed E-state index contributed by atoms with van der Waals surface area (Å²) in [6.45, 7) is 0. The third-order valence-electron chi connectivity index (χ3n) is 1.06. The number of hydrogen-bond donors (Lipinski definition) is 0. The van der Waals surface area contributed by atoms with E-state index in [1.165, 1.54) is 0 Å². The molecule has 1 rings (SSSR count). The van der Waals surface area contributed by atoms with Crippen molar-refractivity contribution in [1.82, 2.24) is 9.78 Å². The van der Waals surface area contributed by atoms with Gasteiger partial charge in [-0.3, -0.25) is 4.68 Å². The lowest BCUT2D eigenvalue weighted by Crippen LogP contribution is -1.89. The van der Waals surface area contributed by atoms with Crippen molar-refractivity contribution < 1.29 is 4.74 Å². The molecule has 0 fully saturated rings. The summed E-state index contributed by atoms with van der Waals surface area (Å²) in [6.07, 6.45) is 1.66. The van der Waals surface area contributed by atoms with Gasteiger partial charge in [0.05, 0.1) is 13.3 Å². The minimum Gasteiger partial charge on any atom is -0.492 e. The SMILES string of the molecule is COc1cnn(C)c1Br. The van der Waals surface area contributed by atoms with Gasteiger partial charge in [-0.25, -0.2) is 0 Å². The average molecular weight is 191 g/mol. The van der Waals surface area contributed by atoms with Crippen LogP contribution in [0.15, 0.2) is 10.8 Å². The second-order valence-electron chi connectivity index (χ2n) is 1.63. The molecule has 0 aliphatic rings. The Morgan fingerprint density at radius 3 is 2.67 bits per heavy atom. The average Bonchev–Trinajstić information content (AvgIpc) is 2.15. The maximum Gasteiger partial charge on any atom is 0.171 e. The first-order valence-corrected chi connectivity index (χ1v) is 3.26. The van der Waals surface area contributed by atoms with Crippen molar-refractivity contribution in [2.75, 3.05) is 7.11 Å². The van der Waals surface area contributed by atoms with Gasteiger partial charge < -0.3 is 4.74 Å². The second-order valence-corrected chi connectivity index (χ2v) is 2.38. The van der Waals surface area contributed by atoms with Crippen LogP contribution >= 0.6 is 15.9 Å². The smallest absolute Gasteiger partial charge is 0.171 e. The third kappa shape index (κ3) is 1.08. The fraction of sp³-hybridized carbons (Fsp3) is 0.400. The lowest BCUT2D eigenvalue weighted by Gasteiger charge is -1.93. The van der Waals surface area contributed by atoms with Crippen LogP contribution in [0.3, 0.4) is 0 Å². The zero-order chi connectivity index (χ0) is 6.85. The lowest BCUT2D eigenvalue weighted by atomic mass is 10.7. The number of nitrogens with zero attached hydrogens (tertiary/aromatic N) is 2. The van der Waals surface area contributed by atoms with Crippen molar-refractivity contribution in [3.05, 3.63) is 10.8 Å². The van der Waals surface area contributed by atoms with Crippen LogP contribution in [-0.4, -0.2) is 16.9 Å². The van der Waals surface area contributed by atoms with Crippen LogP contribution < -0.4 is 4.74 Å². The third-order valence-corrected chi connectivity index (χ3v) is 1.96. The van der Waals surface area contributed by atoms with E-state index < -0.39 is 0 Å². The van der Waals surface area contributed by atoms with E-state index in [9.17, 15) is 0 Å². The molecule has 0 saturated heterocycles. The van der Waals surface area contributed by atoms with Crippen molar-refractivity contribution in [1.29, 1.82) is 0 Å². The first-order valence-electron chi connectivity index (χ1n) is 2.47. The van der Waals surface area contributed by atoms with Crippen molar-refractivity contribution in [2.45, 2.75) is 0 Å². The molecule has 3 nitrogen and oxygen atoms in total. The molecule has 0 unspecified atom stereocenters. The number of ether oxygens (including phenoxy) is 1. The van der Waals surface area contributed by atoms with E-state index in [0.29, 0.717) is 0 Å². The Balaban J connectivity index is 3.04. The normalized spacial score (nSPS) is 9.67. The van der Waals surface area contributed by atoms with Crippen LogP contribution in [-0.2, 0) is 7.05 Å². The topological polar surface area (TPSA) is 27.1 Å². The highest BCUT2D eigenvalue weighted by atomic mass is 79.9. The highest BCUT2D eigenvalue weighted by Gasteiger charge is 2.02. The van der Waals surface area contributed by atoms with Gasteiger partial charge in [-0.1, -0.05) is 0 Å². The van der Waals surface area contributed by atoms with Crippen LogP contribution in [0, 0.1) is 0 Å². The number of rotatable bonds is 1. The molecule has 1 aromatic heterocycles. The van der Waals surface area contributed by atoms with E-state index >= 15 is 0 Å². The molecule has 0 spiro atoms. The van der Waals surface area contributed by atoms with Gasteiger partial charge in [0, 0.05) is 7.05 Å². The standard InChI is InChI=1S/C5H7BrN2O/c1-8-5(6)4(9-2)3-7-8/h3H,1-2H3. The summed E-state index contributed by atoms with van der Waals surface area (Å²) in [6, 6.07) is 0. The summed E-state index contributed by atoms with van der Waals surface area (Å²) in [7, 11) is 3.45. The molecule has 0 bridgehead atoms. The lowest BCUT2D eigenvalue weighted by molar-refractivity contribution is 0.411. The minimum atomic E-state index is 0.762. The molecule has 9 heavy (non-hydrogen) atoms. The molecular formula is C5H7BrN2O. The number of aromatic nitrogens is 2. The molecule has 0 amide bonds. The molecule has 0 atom stereocenters. The predicted molar refractivity (Wildman–Crippen MR) is 37.5 cm³/mol. The Hall–Kier alpha value is -0.510. The molecule has 0 aliphatic carbocycles. The summed E-state index contributed by atoms with van der Waals surface area (Å²) in [5, 5.41) is 3.93. The molecule has 0 radical (unpaired) electrons. The molecule has 1 aromatic rings. The van der Waals surface area contributed by atoms with E-state index in [1.807, 2.05) is 7.05 Å². The molecule has 4 heteroatoms. The van der Waals surface area contributed by atoms with Crippen molar-refractivity contribution in [2.24, 2.45) is 7.05 Å². The number of aryl methyl sites for hydroxylation is 1. The quantitative estimate of drug-likeness (QED) is 0.666. The first kappa shape index (κ1) is 6.61. The predicted octanol–water partition coefficient (Wildman–Crippen LogP) is 1.19. The largest absolute Gasteiger partial charge is 0.492 e. The van der Waals surface area contributed by atoms with Gasteiger partial charge >= 0.3 is 0 Å². The Kier molecular flexibility index (Phi) is 1.75. The van der Waals surface area contributed by atoms with E-state index in [4.69, 9.17) is 4.74 Å². The number of methoxy groups -OCH3 is 1. The van der Waals surface area contributed by atoms with E-state index in [1.54, 1.807) is 18.0 Å². The first-order chi connectivity index (χ1) is 4.25. The van der Waals surface area contributed by atoms with Crippen LogP contribution in [0.1, 0.15) is 0 Å². The number of hydrogen-bond acceptors (Lipinski definition) is 2. The van der Waals surface area contributed by atoms with E-state index in [-0.39, 0.29) is 0 Å². The van der Waals surface area contributed by atoms with Gasteiger partial charge in [0.15, 0.2) is 5.75 Å². The second kappa shape index (κ2) is 2.39. The van der Waals surface area contributed by atoms with Gasteiger partial charge in [-0.05, 0) is 15.9 Å². The van der Waals surface area contributed by atoms with Crippen LogP contribution in [0.25, 0.3) is 0 Å².